The zero-order valence-corrected chi connectivity index (χ0v) is 14.5. The van der Waals surface area contributed by atoms with E-state index in [1.54, 1.807) is 11.8 Å². The number of hydrogen-bond acceptors (Lipinski definition) is 3. The first-order valence-corrected chi connectivity index (χ1v) is 8.68. The van der Waals surface area contributed by atoms with Crippen LogP contribution in [0.3, 0.4) is 0 Å². The molecule has 0 unspecified atom stereocenters. The molecule has 0 radical (unpaired) electrons. The average molecular weight is 361 g/mol. The quantitative estimate of drug-likeness (QED) is 0.690. The van der Waals surface area contributed by atoms with Gasteiger partial charge in [0.2, 0.25) is 0 Å². The molecule has 0 bridgehead atoms. The van der Waals surface area contributed by atoms with E-state index in [1.165, 1.54) is 5.56 Å². The van der Waals surface area contributed by atoms with Crippen LogP contribution in [0.5, 0.6) is 0 Å². The highest BCUT2D eigenvalue weighted by Gasteiger charge is 2.10. The zero-order valence-electron chi connectivity index (χ0n) is 12.1. The minimum Gasteiger partial charge on any atom is -0.354 e. The third-order valence-electron chi connectivity index (χ3n) is 3.16. The van der Waals surface area contributed by atoms with Crippen LogP contribution in [-0.4, -0.2) is 5.75 Å². The maximum absolute atomic E-state index is 9.46. The number of nitrogens with zero attached hydrogens (tertiary/aromatic N) is 1. The fraction of sp³-hybridized carbons (Fsp3) is 0.235. The van der Waals surface area contributed by atoms with Crippen LogP contribution >= 0.6 is 27.7 Å². The Morgan fingerprint density at radius 3 is 2.67 bits per heavy atom. The van der Waals surface area contributed by atoms with Crippen molar-refractivity contribution in [3.05, 3.63) is 52.0 Å². The summed E-state index contributed by atoms with van der Waals surface area (Å²) in [5, 5.41) is 12.9. The van der Waals surface area contributed by atoms with Crippen LogP contribution in [0.4, 0.5) is 11.4 Å². The predicted octanol–water partition coefficient (Wildman–Crippen LogP) is 5.74. The van der Waals surface area contributed by atoms with Crippen molar-refractivity contribution in [3.8, 4) is 6.07 Å². The van der Waals surface area contributed by atoms with Gasteiger partial charge in [0.15, 0.2) is 0 Å². The molecule has 0 aliphatic heterocycles. The van der Waals surface area contributed by atoms with E-state index in [0.717, 1.165) is 32.9 Å². The SMILES string of the molecule is CCSc1cccc(Nc2ccc(Br)cc2CC)c1C#N. The van der Waals surface area contributed by atoms with Gasteiger partial charge in [0.1, 0.15) is 6.07 Å². The van der Waals surface area contributed by atoms with Crippen LogP contribution in [-0.2, 0) is 6.42 Å². The third kappa shape index (κ3) is 3.81. The maximum atomic E-state index is 9.46. The van der Waals surface area contributed by atoms with Crippen molar-refractivity contribution in [2.45, 2.75) is 25.2 Å². The van der Waals surface area contributed by atoms with E-state index in [1.807, 2.05) is 30.3 Å². The Balaban J connectivity index is 2.40. The Morgan fingerprint density at radius 1 is 1.19 bits per heavy atom. The molecule has 2 nitrogen and oxygen atoms in total. The molecular formula is C17H17BrN2S. The molecule has 0 aliphatic rings. The fourth-order valence-electron chi connectivity index (χ4n) is 2.15. The van der Waals surface area contributed by atoms with Crippen molar-refractivity contribution in [1.29, 1.82) is 5.26 Å². The van der Waals surface area contributed by atoms with Crippen molar-refractivity contribution in [2.75, 3.05) is 11.1 Å². The molecule has 1 N–H and O–H groups in total. The number of nitriles is 1. The minimum atomic E-state index is 0.717. The van der Waals surface area contributed by atoms with Gasteiger partial charge in [0.05, 0.1) is 11.3 Å². The van der Waals surface area contributed by atoms with Gasteiger partial charge in [0, 0.05) is 15.1 Å². The Hall–Kier alpha value is -1.44. The number of aryl methyl sites for hydroxylation is 1. The van der Waals surface area contributed by atoms with Gasteiger partial charge in [-0.3, -0.25) is 0 Å². The molecule has 2 aromatic rings. The molecule has 0 saturated carbocycles. The number of rotatable bonds is 5. The van der Waals surface area contributed by atoms with Crippen LogP contribution in [0.2, 0.25) is 0 Å². The highest BCUT2D eigenvalue weighted by Crippen LogP contribution is 2.31. The van der Waals surface area contributed by atoms with Crippen LogP contribution in [0.15, 0.2) is 45.8 Å². The molecule has 0 aliphatic carbocycles. The van der Waals surface area contributed by atoms with E-state index in [0.29, 0.717) is 5.56 Å². The highest BCUT2D eigenvalue weighted by molar-refractivity contribution is 9.10. The van der Waals surface area contributed by atoms with E-state index in [9.17, 15) is 5.26 Å². The molecule has 0 spiro atoms. The van der Waals surface area contributed by atoms with E-state index in [4.69, 9.17) is 0 Å². The lowest BCUT2D eigenvalue weighted by molar-refractivity contribution is 1.14. The van der Waals surface area contributed by atoms with E-state index in [-0.39, 0.29) is 0 Å². The van der Waals surface area contributed by atoms with E-state index in [2.05, 4.69) is 47.2 Å². The first-order valence-electron chi connectivity index (χ1n) is 6.91. The van der Waals surface area contributed by atoms with Gasteiger partial charge < -0.3 is 5.32 Å². The summed E-state index contributed by atoms with van der Waals surface area (Å²) in [6, 6.07) is 14.4. The van der Waals surface area contributed by atoms with Gasteiger partial charge in [0.25, 0.3) is 0 Å². The molecule has 2 aromatic carbocycles. The summed E-state index contributed by atoms with van der Waals surface area (Å²) in [6.45, 7) is 4.22. The van der Waals surface area contributed by atoms with E-state index >= 15 is 0 Å². The third-order valence-corrected chi connectivity index (χ3v) is 4.59. The van der Waals surface area contributed by atoms with E-state index < -0.39 is 0 Å². The van der Waals surface area contributed by atoms with Gasteiger partial charge in [-0.2, -0.15) is 5.26 Å². The molecule has 0 atom stereocenters. The molecule has 0 fully saturated rings. The number of halogens is 1. The van der Waals surface area contributed by atoms with Gasteiger partial charge in [-0.1, -0.05) is 35.8 Å². The molecule has 0 saturated heterocycles. The maximum Gasteiger partial charge on any atom is 0.103 e. The molecule has 0 heterocycles. The average Bonchev–Trinajstić information content (AvgIpc) is 2.49. The van der Waals surface area contributed by atoms with Gasteiger partial charge in [-0.05, 0) is 48.1 Å². The molecule has 2 rings (SSSR count). The fourth-order valence-corrected chi connectivity index (χ4v) is 3.34. The molecular weight excluding hydrogens is 344 g/mol. The van der Waals surface area contributed by atoms with Crippen molar-refractivity contribution >= 4 is 39.1 Å². The first kappa shape index (κ1) is 15.9. The number of thioether (sulfide) groups is 1. The van der Waals surface area contributed by atoms with Gasteiger partial charge >= 0.3 is 0 Å². The number of nitrogens with one attached hydrogen (secondary N) is 1. The van der Waals surface area contributed by atoms with Crippen LogP contribution in [0.1, 0.15) is 25.0 Å². The smallest absolute Gasteiger partial charge is 0.103 e. The first-order chi connectivity index (χ1) is 10.2. The monoisotopic (exact) mass is 360 g/mol. The Labute approximate surface area is 138 Å². The summed E-state index contributed by atoms with van der Waals surface area (Å²) >= 11 is 5.19. The van der Waals surface area contributed by atoms with Crippen LogP contribution < -0.4 is 5.32 Å². The van der Waals surface area contributed by atoms with Crippen molar-refractivity contribution in [2.24, 2.45) is 0 Å². The summed E-state index contributed by atoms with van der Waals surface area (Å²) in [4.78, 5) is 1.03. The van der Waals surface area contributed by atoms with Crippen molar-refractivity contribution in [1.82, 2.24) is 0 Å². The molecule has 21 heavy (non-hydrogen) atoms. The normalized spacial score (nSPS) is 10.2. The summed E-state index contributed by atoms with van der Waals surface area (Å²) in [7, 11) is 0. The second-order valence-corrected chi connectivity index (χ2v) is 6.73. The summed E-state index contributed by atoms with van der Waals surface area (Å²) in [5.74, 6) is 0.955. The van der Waals surface area contributed by atoms with Crippen LogP contribution in [0, 0.1) is 11.3 Å². The lowest BCUT2D eigenvalue weighted by Crippen LogP contribution is -1.98. The molecule has 4 heteroatoms. The summed E-state index contributed by atoms with van der Waals surface area (Å²) < 4.78 is 1.07. The second-order valence-electron chi connectivity index (χ2n) is 4.50. The molecule has 108 valence electrons. The van der Waals surface area contributed by atoms with Crippen molar-refractivity contribution in [3.63, 3.8) is 0 Å². The Morgan fingerprint density at radius 2 is 2.00 bits per heavy atom. The standard InChI is InChI=1S/C17H17BrN2S/c1-3-12-10-13(18)8-9-15(12)20-16-6-5-7-17(21-4-2)14(16)11-19/h5-10,20H,3-4H2,1-2H3. The number of hydrogen-bond donors (Lipinski definition) is 1. The topological polar surface area (TPSA) is 35.8 Å². The number of benzene rings is 2. The lowest BCUT2D eigenvalue weighted by Gasteiger charge is -2.14. The largest absolute Gasteiger partial charge is 0.354 e. The second kappa shape index (κ2) is 7.53. The minimum absolute atomic E-state index is 0.717. The summed E-state index contributed by atoms with van der Waals surface area (Å²) in [6.07, 6.45) is 0.938. The lowest BCUT2D eigenvalue weighted by atomic mass is 10.1. The highest BCUT2D eigenvalue weighted by atomic mass is 79.9. The van der Waals surface area contributed by atoms with Crippen LogP contribution in [0.25, 0.3) is 0 Å². The Bertz CT molecular complexity index is 677. The van der Waals surface area contributed by atoms with Crippen molar-refractivity contribution < 1.29 is 0 Å². The Kier molecular flexibility index (Phi) is 5.72. The molecule has 0 amide bonds. The predicted molar refractivity (Wildman–Crippen MR) is 94.4 cm³/mol. The molecule has 0 aromatic heterocycles. The number of anilines is 2. The van der Waals surface area contributed by atoms with Gasteiger partial charge in [-0.15, -0.1) is 11.8 Å². The zero-order chi connectivity index (χ0) is 15.2. The summed E-state index contributed by atoms with van der Waals surface area (Å²) in [5.41, 5.74) is 3.86. The van der Waals surface area contributed by atoms with Gasteiger partial charge in [-0.25, -0.2) is 0 Å².